The molecule has 5 nitrogen and oxygen atoms in total. The number of anilines is 1. The SMILES string of the molecule is CCS(=O)(=O)Nc1cccc(C(=O)NC(C)C)c1. The minimum atomic E-state index is -3.32. The number of carbonyl (C=O) groups is 1. The predicted molar refractivity (Wildman–Crippen MR) is 72.1 cm³/mol. The van der Waals surface area contributed by atoms with Crippen LogP contribution >= 0.6 is 0 Å². The van der Waals surface area contributed by atoms with Gasteiger partial charge in [0.15, 0.2) is 0 Å². The molecule has 0 aliphatic rings. The Morgan fingerprint density at radius 1 is 1.33 bits per heavy atom. The average molecular weight is 270 g/mol. The van der Waals surface area contributed by atoms with Crippen molar-refractivity contribution >= 4 is 21.6 Å². The van der Waals surface area contributed by atoms with Crippen LogP contribution in [-0.4, -0.2) is 26.1 Å². The number of rotatable bonds is 5. The van der Waals surface area contributed by atoms with Gasteiger partial charge in [-0.2, -0.15) is 0 Å². The first-order valence-electron chi connectivity index (χ1n) is 5.75. The zero-order valence-electron chi connectivity index (χ0n) is 10.7. The fraction of sp³-hybridized carbons (Fsp3) is 0.417. The smallest absolute Gasteiger partial charge is 0.251 e. The summed E-state index contributed by atoms with van der Waals surface area (Å²) in [5.41, 5.74) is 0.827. The molecule has 1 aromatic carbocycles. The van der Waals surface area contributed by atoms with E-state index in [1.807, 2.05) is 13.8 Å². The highest BCUT2D eigenvalue weighted by Crippen LogP contribution is 2.12. The van der Waals surface area contributed by atoms with E-state index in [0.29, 0.717) is 11.3 Å². The molecule has 1 rings (SSSR count). The van der Waals surface area contributed by atoms with Crippen LogP contribution in [0.1, 0.15) is 31.1 Å². The van der Waals surface area contributed by atoms with Gasteiger partial charge in [0.2, 0.25) is 10.0 Å². The van der Waals surface area contributed by atoms with Gasteiger partial charge in [-0.25, -0.2) is 8.42 Å². The molecule has 6 heteroatoms. The summed E-state index contributed by atoms with van der Waals surface area (Å²) in [5, 5.41) is 2.75. The lowest BCUT2D eigenvalue weighted by atomic mass is 10.2. The molecule has 0 aromatic heterocycles. The Hall–Kier alpha value is -1.56. The molecular formula is C12H18N2O3S. The van der Waals surface area contributed by atoms with Crippen molar-refractivity contribution in [2.45, 2.75) is 26.8 Å². The second kappa shape index (κ2) is 5.86. The van der Waals surface area contributed by atoms with Gasteiger partial charge in [-0.15, -0.1) is 0 Å². The molecule has 0 radical (unpaired) electrons. The van der Waals surface area contributed by atoms with E-state index < -0.39 is 10.0 Å². The molecule has 0 unspecified atom stereocenters. The summed E-state index contributed by atoms with van der Waals surface area (Å²) >= 11 is 0. The second-order valence-corrected chi connectivity index (χ2v) is 6.23. The normalized spacial score (nSPS) is 11.3. The van der Waals surface area contributed by atoms with Crippen molar-refractivity contribution in [1.29, 1.82) is 0 Å². The molecule has 0 bridgehead atoms. The summed E-state index contributed by atoms with van der Waals surface area (Å²) in [6.07, 6.45) is 0. The fourth-order valence-electron chi connectivity index (χ4n) is 1.32. The van der Waals surface area contributed by atoms with E-state index in [0.717, 1.165) is 0 Å². The lowest BCUT2D eigenvalue weighted by Gasteiger charge is -2.10. The highest BCUT2D eigenvalue weighted by molar-refractivity contribution is 7.92. The molecule has 0 atom stereocenters. The van der Waals surface area contributed by atoms with E-state index in [-0.39, 0.29) is 17.7 Å². The maximum atomic E-state index is 11.8. The van der Waals surface area contributed by atoms with E-state index in [2.05, 4.69) is 10.0 Å². The number of hydrogen-bond donors (Lipinski definition) is 2. The lowest BCUT2D eigenvalue weighted by molar-refractivity contribution is 0.0943. The van der Waals surface area contributed by atoms with Crippen molar-refractivity contribution in [3.05, 3.63) is 29.8 Å². The van der Waals surface area contributed by atoms with Gasteiger partial charge in [-0.1, -0.05) is 6.07 Å². The zero-order chi connectivity index (χ0) is 13.8. The van der Waals surface area contributed by atoms with Crippen molar-refractivity contribution in [3.8, 4) is 0 Å². The number of hydrogen-bond acceptors (Lipinski definition) is 3. The van der Waals surface area contributed by atoms with E-state index in [9.17, 15) is 13.2 Å². The quantitative estimate of drug-likeness (QED) is 0.853. The summed E-state index contributed by atoms with van der Waals surface area (Å²) in [6.45, 7) is 5.28. The summed E-state index contributed by atoms with van der Waals surface area (Å²) in [7, 11) is -3.32. The maximum absolute atomic E-state index is 11.8. The standard InChI is InChI=1S/C12H18N2O3S/c1-4-18(16,17)14-11-7-5-6-10(8-11)12(15)13-9(2)3/h5-9,14H,4H2,1-3H3,(H,13,15). The fourth-order valence-corrected chi connectivity index (χ4v) is 1.95. The summed E-state index contributed by atoms with van der Waals surface area (Å²) in [6, 6.07) is 6.45. The average Bonchev–Trinajstić information content (AvgIpc) is 2.28. The van der Waals surface area contributed by atoms with Crippen molar-refractivity contribution in [3.63, 3.8) is 0 Å². The summed E-state index contributed by atoms with van der Waals surface area (Å²) in [5.74, 6) is -0.224. The van der Waals surface area contributed by atoms with Gasteiger partial charge in [0, 0.05) is 17.3 Å². The zero-order valence-corrected chi connectivity index (χ0v) is 11.5. The summed E-state index contributed by atoms with van der Waals surface area (Å²) < 4.78 is 25.2. The number of nitrogens with one attached hydrogen (secondary N) is 2. The number of sulfonamides is 1. The summed E-state index contributed by atoms with van der Waals surface area (Å²) in [4.78, 5) is 11.8. The highest BCUT2D eigenvalue weighted by Gasteiger charge is 2.10. The molecule has 1 amide bonds. The van der Waals surface area contributed by atoms with E-state index in [4.69, 9.17) is 0 Å². The first kappa shape index (κ1) is 14.5. The molecule has 0 aliphatic carbocycles. The first-order valence-corrected chi connectivity index (χ1v) is 7.40. The molecule has 0 heterocycles. The highest BCUT2D eigenvalue weighted by atomic mass is 32.2. The third-order valence-electron chi connectivity index (χ3n) is 2.20. The molecule has 0 fully saturated rings. The molecule has 1 aromatic rings. The van der Waals surface area contributed by atoms with Crippen LogP contribution in [0, 0.1) is 0 Å². The maximum Gasteiger partial charge on any atom is 0.251 e. The van der Waals surface area contributed by atoms with Crippen LogP contribution in [0.2, 0.25) is 0 Å². The minimum Gasteiger partial charge on any atom is -0.350 e. The number of carbonyl (C=O) groups excluding carboxylic acids is 1. The Balaban J connectivity index is 2.89. The Morgan fingerprint density at radius 3 is 2.56 bits per heavy atom. The molecular weight excluding hydrogens is 252 g/mol. The van der Waals surface area contributed by atoms with Crippen LogP contribution in [0.25, 0.3) is 0 Å². The molecule has 100 valence electrons. The minimum absolute atomic E-state index is 0.00455. The van der Waals surface area contributed by atoms with E-state index in [1.54, 1.807) is 25.1 Å². The molecule has 2 N–H and O–H groups in total. The van der Waals surface area contributed by atoms with Gasteiger partial charge in [-0.05, 0) is 39.0 Å². The van der Waals surface area contributed by atoms with Gasteiger partial charge >= 0.3 is 0 Å². The Kier molecular flexibility index (Phi) is 4.72. The molecule has 0 spiro atoms. The third-order valence-corrected chi connectivity index (χ3v) is 3.50. The Morgan fingerprint density at radius 2 is 2.00 bits per heavy atom. The second-order valence-electron chi connectivity index (χ2n) is 4.21. The van der Waals surface area contributed by atoms with Gasteiger partial charge in [-0.3, -0.25) is 9.52 Å². The van der Waals surface area contributed by atoms with Crippen molar-refractivity contribution < 1.29 is 13.2 Å². The van der Waals surface area contributed by atoms with Crippen LogP contribution in [0.3, 0.4) is 0 Å². The Labute approximate surface area is 108 Å². The van der Waals surface area contributed by atoms with Crippen molar-refractivity contribution in [2.24, 2.45) is 0 Å². The lowest BCUT2D eigenvalue weighted by Crippen LogP contribution is -2.30. The van der Waals surface area contributed by atoms with Gasteiger partial charge in [0.25, 0.3) is 5.91 Å². The van der Waals surface area contributed by atoms with Crippen LogP contribution in [-0.2, 0) is 10.0 Å². The molecule has 0 aliphatic heterocycles. The molecule has 0 saturated carbocycles. The van der Waals surface area contributed by atoms with Gasteiger partial charge in [0.1, 0.15) is 0 Å². The number of benzene rings is 1. The van der Waals surface area contributed by atoms with Gasteiger partial charge < -0.3 is 5.32 Å². The van der Waals surface area contributed by atoms with Crippen LogP contribution in [0.5, 0.6) is 0 Å². The largest absolute Gasteiger partial charge is 0.350 e. The predicted octanol–water partition coefficient (Wildman–Crippen LogP) is 1.59. The number of amides is 1. The monoisotopic (exact) mass is 270 g/mol. The molecule has 18 heavy (non-hydrogen) atoms. The van der Waals surface area contributed by atoms with Crippen molar-refractivity contribution in [1.82, 2.24) is 5.32 Å². The third kappa shape index (κ3) is 4.37. The molecule has 0 saturated heterocycles. The van der Waals surface area contributed by atoms with Crippen LogP contribution in [0.15, 0.2) is 24.3 Å². The van der Waals surface area contributed by atoms with Gasteiger partial charge in [0.05, 0.1) is 5.75 Å². The van der Waals surface area contributed by atoms with Crippen LogP contribution in [0.4, 0.5) is 5.69 Å². The first-order chi connectivity index (χ1) is 8.34. The Bertz CT molecular complexity index is 524. The van der Waals surface area contributed by atoms with E-state index >= 15 is 0 Å². The van der Waals surface area contributed by atoms with Crippen molar-refractivity contribution in [2.75, 3.05) is 10.5 Å². The van der Waals surface area contributed by atoms with Crippen LogP contribution < -0.4 is 10.0 Å². The topological polar surface area (TPSA) is 75.3 Å². The van der Waals surface area contributed by atoms with E-state index in [1.165, 1.54) is 6.07 Å².